The van der Waals surface area contributed by atoms with E-state index in [2.05, 4.69) is 9.97 Å². The van der Waals surface area contributed by atoms with Crippen LogP contribution in [0.3, 0.4) is 0 Å². The molecule has 34 heavy (non-hydrogen) atoms. The summed E-state index contributed by atoms with van der Waals surface area (Å²) in [6.45, 7) is 5.53. The lowest BCUT2D eigenvalue weighted by Crippen LogP contribution is -2.38. The number of benzene rings is 1. The van der Waals surface area contributed by atoms with Crippen LogP contribution in [0.5, 0.6) is 5.75 Å². The van der Waals surface area contributed by atoms with Gasteiger partial charge in [0.15, 0.2) is 0 Å². The van der Waals surface area contributed by atoms with Gasteiger partial charge in [-0.3, -0.25) is 9.69 Å². The summed E-state index contributed by atoms with van der Waals surface area (Å²) in [5.74, 6) is 0.701. The molecule has 0 amide bonds. The monoisotopic (exact) mass is 489 g/mol. The molecule has 1 atom stereocenters. The molecule has 0 aliphatic heterocycles. The number of para-hydroxylation sites is 1. The zero-order chi connectivity index (χ0) is 24.7. The van der Waals surface area contributed by atoms with Crippen molar-refractivity contribution >= 4 is 27.5 Å². The first-order valence-electron chi connectivity index (χ1n) is 11.1. The van der Waals surface area contributed by atoms with Crippen LogP contribution in [0.25, 0.3) is 10.2 Å². The van der Waals surface area contributed by atoms with Crippen molar-refractivity contribution < 1.29 is 24.1 Å². The second kappa shape index (κ2) is 12.1. The van der Waals surface area contributed by atoms with Gasteiger partial charge in [0.25, 0.3) is 5.56 Å². The molecule has 0 unspecified atom stereocenters. The minimum absolute atomic E-state index is 0.130. The molecule has 1 aromatic carbocycles. The Bertz CT molecular complexity index is 1180. The van der Waals surface area contributed by atoms with Crippen molar-refractivity contribution in [1.29, 1.82) is 0 Å². The number of hydrogen-bond donors (Lipinski definition) is 2. The smallest absolute Gasteiger partial charge is 0.348 e. The molecular formula is C24H31N3O6S. The van der Waals surface area contributed by atoms with Gasteiger partial charge >= 0.3 is 5.97 Å². The van der Waals surface area contributed by atoms with Crippen molar-refractivity contribution in [2.75, 3.05) is 40.5 Å². The van der Waals surface area contributed by atoms with Gasteiger partial charge < -0.3 is 24.3 Å². The molecule has 2 heterocycles. The zero-order valence-corrected chi connectivity index (χ0v) is 20.7. The number of aromatic nitrogens is 2. The second-order valence-corrected chi connectivity index (χ2v) is 8.90. The Labute approximate surface area is 202 Å². The number of hydrogen-bond acceptors (Lipinski definition) is 9. The summed E-state index contributed by atoms with van der Waals surface area (Å²) < 4.78 is 15.8. The van der Waals surface area contributed by atoms with E-state index in [-0.39, 0.29) is 12.2 Å². The summed E-state index contributed by atoms with van der Waals surface area (Å²) in [7, 11) is 2.92. The van der Waals surface area contributed by atoms with Gasteiger partial charge in [-0.2, -0.15) is 0 Å². The number of methoxy groups -OCH3 is 2. The highest BCUT2D eigenvalue weighted by Crippen LogP contribution is 2.29. The molecule has 2 N–H and O–H groups in total. The van der Waals surface area contributed by atoms with Crippen molar-refractivity contribution in [3.05, 3.63) is 56.4 Å². The molecule has 0 aliphatic rings. The molecule has 0 fully saturated rings. The molecule has 0 spiro atoms. The molecule has 9 nitrogen and oxygen atoms in total. The topological polar surface area (TPSA) is 114 Å². The first kappa shape index (κ1) is 25.8. The summed E-state index contributed by atoms with van der Waals surface area (Å²) in [5, 5.41) is 11.0. The molecule has 10 heteroatoms. The molecule has 2 aromatic heterocycles. The number of aliphatic hydroxyl groups is 1. The predicted octanol–water partition coefficient (Wildman–Crippen LogP) is 2.53. The van der Waals surface area contributed by atoms with Gasteiger partial charge in [0.2, 0.25) is 0 Å². The minimum Gasteiger partial charge on any atom is -0.491 e. The van der Waals surface area contributed by atoms with Crippen molar-refractivity contribution in [3.8, 4) is 5.75 Å². The van der Waals surface area contributed by atoms with Crippen molar-refractivity contribution in [2.45, 2.75) is 32.9 Å². The lowest BCUT2D eigenvalue weighted by molar-refractivity contribution is 0.0531. The second-order valence-electron chi connectivity index (χ2n) is 7.91. The number of fused-ring (bicyclic) bond motifs is 1. The Kier molecular flexibility index (Phi) is 9.17. The highest BCUT2D eigenvalue weighted by molar-refractivity contribution is 7.20. The minimum atomic E-state index is -0.758. The Morgan fingerprint density at radius 2 is 2.06 bits per heavy atom. The lowest BCUT2D eigenvalue weighted by atomic mass is 10.1. The number of carbonyl (C=O) groups excluding carboxylic acids is 1. The number of thiophene rings is 1. The summed E-state index contributed by atoms with van der Waals surface area (Å²) in [6, 6.07) is 7.63. The van der Waals surface area contributed by atoms with Crippen LogP contribution < -0.4 is 10.3 Å². The molecule has 0 saturated carbocycles. The van der Waals surface area contributed by atoms with E-state index < -0.39 is 12.1 Å². The molecule has 0 radical (unpaired) electrons. The molecule has 3 rings (SSSR count). The van der Waals surface area contributed by atoms with Gasteiger partial charge in [-0.05, 0) is 30.5 Å². The van der Waals surface area contributed by atoms with Gasteiger partial charge in [0.05, 0.1) is 25.6 Å². The number of aryl methyl sites for hydroxylation is 2. The molecule has 184 valence electrons. The van der Waals surface area contributed by atoms with Crippen LogP contribution in [0.1, 0.15) is 33.5 Å². The first-order valence-corrected chi connectivity index (χ1v) is 11.9. The number of rotatable bonds is 12. The zero-order valence-electron chi connectivity index (χ0n) is 19.9. The Morgan fingerprint density at radius 1 is 1.29 bits per heavy atom. The highest BCUT2D eigenvalue weighted by Gasteiger charge is 2.22. The van der Waals surface area contributed by atoms with E-state index in [0.29, 0.717) is 59.1 Å². The summed E-state index contributed by atoms with van der Waals surface area (Å²) in [5.41, 5.74) is 1.35. The van der Waals surface area contributed by atoms with E-state index in [0.717, 1.165) is 22.6 Å². The number of nitrogens with one attached hydrogen (secondary N) is 1. The van der Waals surface area contributed by atoms with Crippen molar-refractivity contribution in [1.82, 2.24) is 14.9 Å². The predicted molar refractivity (Wildman–Crippen MR) is 131 cm³/mol. The van der Waals surface area contributed by atoms with Crippen molar-refractivity contribution in [3.63, 3.8) is 0 Å². The summed E-state index contributed by atoms with van der Waals surface area (Å²) >= 11 is 1.16. The molecule has 0 saturated heterocycles. The fraction of sp³-hybridized carbons (Fsp3) is 0.458. The number of ether oxygens (including phenoxy) is 3. The van der Waals surface area contributed by atoms with Crippen LogP contribution in [0.2, 0.25) is 0 Å². The number of nitrogens with zero attached hydrogens (tertiary/aromatic N) is 2. The number of aromatic amines is 1. The number of aliphatic hydroxyl groups excluding tert-OH is 1. The first-order chi connectivity index (χ1) is 16.4. The van der Waals surface area contributed by atoms with Gasteiger partial charge in [0, 0.05) is 20.2 Å². The third-order valence-corrected chi connectivity index (χ3v) is 6.52. The molecule has 3 aromatic rings. The number of carbonyl (C=O) groups is 1. The van der Waals surface area contributed by atoms with E-state index in [1.165, 1.54) is 7.11 Å². The summed E-state index contributed by atoms with van der Waals surface area (Å²) in [6.07, 6.45) is -0.243. The maximum Gasteiger partial charge on any atom is 0.348 e. The Balaban J connectivity index is 1.77. The van der Waals surface area contributed by atoms with Crippen LogP contribution in [0.4, 0.5) is 0 Å². The molecule has 0 bridgehead atoms. The average Bonchev–Trinajstić information content (AvgIpc) is 3.20. The maximum absolute atomic E-state index is 12.9. The fourth-order valence-corrected chi connectivity index (χ4v) is 4.90. The van der Waals surface area contributed by atoms with E-state index in [1.54, 1.807) is 7.11 Å². The average molecular weight is 490 g/mol. The van der Waals surface area contributed by atoms with E-state index in [4.69, 9.17) is 14.2 Å². The van der Waals surface area contributed by atoms with Crippen LogP contribution >= 0.6 is 11.3 Å². The summed E-state index contributed by atoms with van der Waals surface area (Å²) in [4.78, 5) is 35.3. The third kappa shape index (κ3) is 6.20. The van der Waals surface area contributed by atoms with Crippen LogP contribution in [0, 0.1) is 6.92 Å². The van der Waals surface area contributed by atoms with Gasteiger partial charge in [-0.15, -0.1) is 11.3 Å². The van der Waals surface area contributed by atoms with Gasteiger partial charge in [-0.25, -0.2) is 9.78 Å². The maximum atomic E-state index is 12.9. The van der Waals surface area contributed by atoms with Crippen molar-refractivity contribution in [2.24, 2.45) is 0 Å². The normalized spacial score (nSPS) is 12.3. The quantitative estimate of drug-likeness (QED) is 0.373. The highest BCUT2D eigenvalue weighted by atomic mass is 32.1. The van der Waals surface area contributed by atoms with E-state index in [1.807, 2.05) is 43.0 Å². The van der Waals surface area contributed by atoms with Crippen LogP contribution in [-0.2, 0) is 22.4 Å². The van der Waals surface area contributed by atoms with Gasteiger partial charge in [0.1, 0.15) is 34.0 Å². The Morgan fingerprint density at radius 3 is 2.74 bits per heavy atom. The van der Waals surface area contributed by atoms with E-state index in [9.17, 15) is 14.7 Å². The molecule has 0 aliphatic carbocycles. The Hall–Kier alpha value is -2.79. The number of H-pyrrole nitrogens is 1. The lowest BCUT2D eigenvalue weighted by Gasteiger charge is -2.24. The van der Waals surface area contributed by atoms with E-state index >= 15 is 0 Å². The van der Waals surface area contributed by atoms with Crippen LogP contribution in [0.15, 0.2) is 29.1 Å². The molecular weight excluding hydrogens is 458 g/mol. The van der Waals surface area contributed by atoms with Gasteiger partial charge in [-0.1, -0.05) is 25.1 Å². The third-order valence-electron chi connectivity index (χ3n) is 5.41. The van der Waals surface area contributed by atoms with Crippen LogP contribution in [-0.4, -0.2) is 72.6 Å². The number of esters is 1. The largest absolute Gasteiger partial charge is 0.491 e. The standard InChI is InChI=1S/C24H31N3O6S/c1-5-17-20-22(29)25-19(26-23(20)34-21(17)24(30)32-4)13-27(10-11-31-3)12-16(28)14-33-18-9-7-6-8-15(18)2/h6-9,16,28H,5,10-14H2,1-4H3,(H,25,26,29)/t16-/m0/s1. The fourth-order valence-electron chi connectivity index (χ4n) is 3.70. The SMILES string of the molecule is CCc1c(C(=O)OC)sc2nc(CN(CCOC)C[C@H](O)COc3ccccc3C)[nH]c(=O)c12.